The van der Waals surface area contributed by atoms with Crippen molar-refractivity contribution in [1.29, 1.82) is 0 Å². The molecule has 2 aromatic heterocycles. The predicted molar refractivity (Wildman–Crippen MR) is 63.0 cm³/mol. The molecule has 0 bridgehead atoms. The van der Waals surface area contributed by atoms with Crippen LogP contribution in [0.25, 0.3) is 11.0 Å². The SMILES string of the molecule is O=C(Cc1ccco1)c1coc2ccccc12. The quantitative estimate of drug-likeness (QED) is 0.642. The van der Waals surface area contributed by atoms with Crippen LogP contribution in [0.2, 0.25) is 0 Å². The van der Waals surface area contributed by atoms with Crippen LogP contribution in [0.5, 0.6) is 0 Å². The maximum Gasteiger partial charge on any atom is 0.174 e. The molecule has 0 aliphatic heterocycles. The summed E-state index contributed by atoms with van der Waals surface area (Å²) < 4.78 is 10.5. The molecule has 1 aromatic carbocycles. The molecule has 0 atom stereocenters. The first-order valence-electron chi connectivity index (χ1n) is 5.36. The van der Waals surface area contributed by atoms with Gasteiger partial charge in [0.15, 0.2) is 5.78 Å². The van der Waals surface area contributed by atoms with E-state index in [1.807, 2.05) is 24.3 Å². The summed E-state index contributed by atoms with van der Waals surface area (Å²) in [7, 11) is 0. The number of Topliss-reactive ketones (excluding diaryl/α,β-unsaturated/α-hetero) is 1. The fourth-order valence-corrected chi connectivity index (χ4v) is 1.86. The molecular weight excluding hydrogens is 216 g/mol. The molecule has 17 heavy (non-hydrogen) atoms. The van der Waals surface area contributed by atoms with Crippen LogP contribution in [0.4, 0.5) is 0 Å². The van der Waals surface area contributed by atoms with Gasteiger partial charge in [0.1, 0.15) is 17.6 Å². The topological polar surface area (TPSA) is 43.4 Å². The van der Waals surface area contributed by atoms with Gasteiger partial charge >= 0.3 is 0 Å². The maximum atomic E-state index is 12.1. The number of rotatable bonds is 3. The molecule has 3 nitrogen and oxygen atoms in total. The van der Waals surface area contributed by atoms with Gasteiger partial charge in [-0.15, -0.1) is 0 Å². The van der Waals surface area contributed by atoms with Crippen LogP contribution in [0.1, 0.15) is 16.1 Å². The Bertz CT molecular complexity index is 647. The number of furan rings is 2. The van der Waals surface area contributed by atoms with Crippen LogP contribution >= 0.6 is 0 Å². The van der Waals surface area contributed by atoms with E-state index in [9.17, 15) is 4.79 Å². The lowest BCUT2D eigenvalue weighted by atomic mass is 10.1. The van der Waals surface area contributed by atoms with E-state index in [-0.39, 0.29) is 12.2 Å². The van der Waals surface area contributed by atoms with E-state index in [4.69, 9.17) is 8.83 Å². The van der Waals surface area contributed by atoms with Gasteiger partial charge in [-0.05, 0) is 18.2 Å². The monoisotopic (exact) mass is 226 g/mol. The first-order chi connectivity index (χ1) is 8.34. The molecule has 2 heterocycles. The van der Waals surface area contributed by atoms with Crippen LogP contribution in [0.3, 0.4) is 0 Å². The predicted octanol–water partition coefficient (Wildman–Crippen LogP) is 3.45. The van der Waals surface area contributed by atoms with Gasteiger partial charge < -0.3 is 8.83 Å². The first kappa shape index (κ1) is 9.90. The fraction of sp³-hybridized carbons (Fsp3) is 0.0714. The number of fused-ring (bicyclic) bond motifs is 1. The van der Waals surface area contributed by atoms with E-state index in [0.717, 1.165) is 11.0 Å². The zero-order chi connectivity index (χ0) is 11.7. The maximum absolute atomic E-state index is 12.1. The van der Waals surface area contributed by atoms with E-state index < -0.39 is 0 Å². The van der Waals surface area contributed by atoms with E-state index >= 15 is 0 Å². The average Bonchev–Trinajstić information content (AvgIpc) is 2.96. The molecule has 0 aliphatic carbocycles. The Balaban J connectivity index is 1.96. The highest BCUT2D eigenvalue weighted by Crippen LogP contribution is 2.22. The van der Waals surface area contributed by atoms with Crippen molar-refractivity contribution in [1.82, 2.24) is 0 Å². The Kier molecular flexibility index (Phi) is 2.29. The van der Waals surface area contributed by atoms with Crippen LogP contribution in [0.15, 0.2) is 57.8 Å². The summed E-state index contributed by atoms with van der Waals surface area (Å²) in [6.45, 7) is 0. The largest absolute Gasteiger partial charge is 0.469 e. The summed E-state index contributed by atoms with van der Waals surface area (Å²) in [4.78, 5) is 12.1. The zero-order valence-corrected chi connectivity index (χ0v) is 9.05. The van der Waals surface area contributed by atoms with Crippen molar-refractivity contribution in [2.24, 2.45) is 0 Å². The minimum absolute atomic E-state index is 0.00454. The Labute approximate surface area is 97.7 Å². The van der Waals surface area contributed by atoms with Crippen LogP contribution in [-0.4, -0.2) is 5.78 Å². The molecule has 0 spiro atoms. The third kappa shape index (κ3) is 1.76. The molecule has 3 rings (SSSR count). The lowest BCUT2D eigenvalue weighted by Gasteiger charge is -1.95. The molecular formula is C14H10O3. The number of ketones is 1. The van der Waals surface area contributed by atoms with Gasteiger partial charge in [0.2, 0.25) is 0 Å². The second-order valence-corrected chi connectivity index (χ2v) is 3.82. The minimum atomic E-state index is 0.00454. The number of carbonyl (C=O) groups excluding carboxylic acids is 1. The van der Waals surface area contributed by atoms with Crippen molar-refractivity contribution in [3.8, 4) is 0 Å². The van der Waals surface area contributed by atoms with E-state index in [1.54, 1.807) is 18.4 Å². The molecule has 0 unspecified atom stereocenters. The molecule has 0 aliphatic rings. The van der Waals surface area contributed by atoms with Crippen LogP contribution in [0, 0.1) is 0 Å². The van der Waals surface area contributed by atoms with Crippen molar-refractivity contribution in [3.05, 3.63) is 60.2 Å². The summed E-state index contributed by atoms with van der Waals surface area (Å²) in [6, 6.07) is 11.1. The molecule has 84 valence electrons. The smallest absolute Gasteiger partial charge is 0.174 e. The third-order valence-corrected chi connectivity index (χ3v) is 2.70. The highest BCUT2D eigenvalue weighted by molar-refractivity contribution is 6.07. The summed E-state index contributed by atoms with van der Waals surface area (Å²) in [6.07, 6.45) is 3.34. The molecule has 0 saturated carbocycles. The summed E-state index contributed by atoms with van der Waals surface area (Å²) in [5.41, 5.74) is 1.34. The van der Waals surface area contributed by atoms with Crippen molar-refractivity contribution >= 4 is 16.8 Å². The van der Waals surface area contributed by atoms with E-state index in [1.165, 1.54) is 6.26 Å². The van der Waals surface area contributed by atoms with Gasteiger partial charge in [0.05, 0.1) is 18.2 Å². The van der Waals surface area contributed by atoms with Gasteiger partial charge in [-0.25, -0.2) is 0 Å². The van der Waals surface area contributed by atoms with Gasteiger partial charge in [-0.2, -0.15) is 0 Å². The minimum Gasteiger partial charge on any atom is -0.469 e. The number of para-hydroxylation sites is 1. The summed E-state index contributed by atoms with van der Waals surface area (Å²) >= 11 is 0. The van der Waals surface area contributed by atoms with Crippen molar-refractivity contribution < 1.29 is 13.6 Å². The second kappa shape index (κ2) is 3.94. The Hall–Kier alpha value is -2.29. The van der Waals surface area contributed by atoms with Crippen molar-refractivity contribution in [2.45, 2.75) is 6.42 Å². The second-order valence-electron chi connectivity index (χ2n) is 3.82. The summed E-state index contributed by atoms with van der Waals surface area (Å²) in [5, 5.41) is 0.851. The van der Waals surface area contributed by atoms with Crippen molar-refractivity contribution in [3.63, 3.8) is 0 Å². The first-order valence-corrected chi connectivity index (χ1v) is 5.36. The average molecular weight is 226 g/mol. The molecule has 0 saturated heterocycles. The molecule has 0 amide bonds. The molecule has 3 heteroatoms. The normalized spacial score (nSPS) is 10.8. The van der Waals surface area contributed by atoms with E-state index in [0.29, 0.717) is 11.3 Å². The zero-order valence-electron chi connectivity index (χ0n) is 9.05. The lowest BCUT2D eigenvalue weighted by Crippen LogP contribution is -2.01. The lowest BCUT2D eigenvalue weighted by molar-refractivity contribution is 0.0988. The van der Waals surface area contributed by atoms with E-state index in [2.05, 4.69) is 0 Å². The summed E-state index contributed by atoms with van der Waals surface area (Å²) in [5.74, 6) is 0.671. The number of hydrogen-bond acceptors (Lipinski definition) is 3. The molecule has 0 fully saturated rings. The van der Waals surface area contributed by atoms with Crippen LogP contribution < -0.4 is 0 Å². The van der Waals surface area contributed by atoms with Gasteiger partial charge in [0.25, 0.3) is 0 Å². The number of benzene rings is 1. The van der Waals surface area contributed by atoms with Crippen LogP contribution in [-0.2, 0) is 6.42 Å². The highest BCUT2D eigenvalue weighted by atomic mass is 16.3. The Morgan fingerprint density at radius 1 is 1.06 bits per heavy atom. The number of carbonyl (C=O) groups is 1. The molecule has 3 aromatic rings. The highest BCUT2D eigenvalue weighted by Gasteiger charge is 2.14. The van der Waals surface area contributed by atoms with Gasteiger partial charge in [-0.1, -0.05) is 18.2 Å². The fourth-order valence-electron chi connectivity index (χ4n) is 1.86. The van der Waals surface area contributed by atoms with Gasteiger partial charge in [-0.3, -0.25) is 4.79 Å². The number of hydrogen-bond donors (Lipinski definition) is 0. The molecule has 0 radical (unpaired) electrons. The Morgan fingerprint density at radius 3 is 2.76 bits per heavy atom. The Morgan fingerprint density at radius 2 is 1.94 bits per heavy atom. The molecule has 0 N–H and O–H groups in total. The third-order valence-electron chi connectivity index (χ3n) is 2.70. The van der Waals surface area contributed by atoms with Crippen molar-refractivity contribution in [2.75, 3.05) is 0 Å². The van der Waals surface area contributed by atoms with Gasteiger partial charge in [0, 0.05) is 5.39 Å². The standard InChI is InChI=1S/C14H10O3/c15-13(8-10-4-3-7-16-10)12-9-17-14-6-2-1-5-11(12)14/h1-7,9H,8H2.